The molecule has 1 unspecified atom stereocenters. The summed E-state index contributed by atoms with van der Waals surface area (Å²) < 4.78 is 43.2. The van der Waals surface area contributed by atoms with Gasteiger partial charge in [-0.2, -0.15) is 8.78 Å². The van der Waals surface area contributed by atoms with Crippen molar-refractivity contribution >= 4 is 34.5 Å². The average molecular weight is 268 g/mol. The summed E-state index contributed by atoms with van der Waals surface area (Å²) >= 11 is 4.57. The van der Waals surface area contributed by atoms with Crippen molar-refractivity contribution in [2.75, 3.05) is 0 Å². The fraction of sp³-hybridized carbons (Fsp3) is 0.222. The molecule has 0 bridgehead atoms. The van der Waals surface area contributed by atoms with E-state index in [9.17, 15) is 13.2 Å². The highest BCUT2D eigenvalue weighted by Gasteiger charge is 2.42. The molecule has 2 nitrogen and oxygen atoms in total. The van der Waals surface area contributed by atoms with Crippen molar-refractivity contribution < 1.29 is 17.6 Å². The summed E-state index contributed by atoms with van der Waals surface area (Å²) in [7, 11) is 0. The summed E-state index contributed by atoms with van der Waals surface area (Å²) in [5, 5.41) is -4.07. The number of oxazole rings is 1. The van der Waals surface area contributed by atoms with Gasteiger partial charge in [-0.05, 0) is 12.1 Å². The highest BCUT2D eigenvalue weighted by molar-refractivity contribution is 8.00. The first-order chi connectivity index (χ1) is 7.49. The van der Waals surface area contributed by atoms with Crippen molar-refractivity contribution in [3.05, 3.63) is 24.3 Å². The summed E-state index contributed by atoms with van der Waals surface area (Å²) in [5.41, 5.74) is -1.98. The van der Waals surface area contributed by atoms with Gasteiger partial charge in [0.2, 0.25) is 5.63 Å². The van der Waals surface area contributed by atoms with E-state index in [1.165, 1.54) is 0 Å². The van der Waals surface area contributed by atoms with Gasteiger partial charge in [0.05, 0.1) is 0 Å². The molecule has 1 heterocycles. The van der Waals surface area contributed by atoms with E-state index >= 15 is 0 Å². The zero-order valence-electron chi connectivity index (χ0n) is 7.66. The second-order valence-corrected chi connectivity index (χ2v) is 4.39. The van der Waals surface area contributed by atoms with E-state index in [1.54, 1.807) is 24.3 Å². The van der Waals surface area contributed by atoms with Crippen molar-refractivity contribution in [1.82, 2.24) is 4.98 Å². The number of benzene rings is 1. The van der Waals surface area contributed by atoms with E-state index < -0.39 is 10.9 Å². The van der Waals surface area contributed by atoms with Crippen LogP contribution in [0.3, 0.4) is 0 Å². The highest BCUT2D eigenvalue weighted by Crippen LogP contribution is 2.41. The Bertz CT molecular complexity index is 469. The lowest BCUT2D eigenvalue weighted by atomic mass is 10.3. The first kappa shape index (κ1) is 11.6. The normalized spacial score (nSPS) is 14.2. The van der Waals surface area contributed by atoms with Gasteiger partial charge < -0.3 is 4.42 Å². The van der Waals surface area contributed by atoms with Crippen LogP contribution in [-0.2, 0) is 0 Å². The lowest BCUT2D eigenvalue weighted by Crippen LogP contribution is -2.20. The Balaban J connectivity index is 2.28. The van der Waals surface area contributed by atoms with E-state index in [4.69, 9.17) is 16.0 Å². The zero-order valence-corrected chi connectivity index (χ0v) is 9.23. The molecule has 0 fully saturated rings. The zero-order chi connectivity index (χ0) is 11.8. The third-order valence-corrected chi connectivity index (χ3v) is 2.98. The van der Waals surface area contributed by atoms with E-state index in [1.807, 2.05) is 0 Å². The Morgan fingerprint density at radius 1 is 1.38 bits per heavy atom. The predicted octanol–water partition coefficient (Wildman–Crippen LogP) is 4.05. The Morgan fingerprint density at radius 3 is 2.69 bits per heavy atom. The van der Waals surface area contributed by atoms with Gasteiger partial charge >= 0.3 is 5.25 Å². The summed E-state index contributed by atoms with van der Waals surface area (Å²) in [6, 6.07) is 6.56. The molecular formula is C9H5ClF3NOS. The van der Waals surface area contributed by atoms with E-state index in [-0.39, 0.29) is 17.0 Å². The van der Waals surface area contributed by atoms with Gasteiger partial charge in [-0.25, -0.2) is 9.37 Å². The highest BCUT2D eigenvalue weighted by atomic mass is 35.5. The first-order valence-corrected chi connectivity index (χ1v) is 5.45. The Labute approximate surface area is 97.8 Å². The van der Waals surface area contributed by atoms with Crippen molar-refractivity contribution in [3.63, 3.8) is 0 Å². The minimum atomic E-state index is -3.76. The lowest BCUT2D eigenvalue weighted by molar-refractivity contribution is 0.0526. The van der Waals surface area contributed by atoms with Crippen LogP contribution in [0, 0.1) is 0 Å². The fourth-order valence-electron chi connectivity index (χ4n) is 1.06. The summed E-state index contributed by atoms with van der Waals surface area (Å²) in [6.45, 7) is 0. The van der Waals surface area contributed by atoms with Gasteiger partial charge in [0, 0.05) is 11.8 Å². The molecule has 0 aliphatic heterocycles. The van der Waals surface area contributed by atoms with Crippen molar-refractivity contribution in [3.8, 4) is 0 Å². The molecule has 86 valence electrons. The Morgan fingerprint density at radius 2 is 2.06 bits per heavy atom. The van der Waals surface area contributed by atoms with Crippen LogP contribution < -0.4 is 0 Å². The molecular weight excluding hydrogens is 263 g/mol. The lowest BCUT2D eigenvalue weighted by Gasteiger charge is -2.11. The number of alkyl halides is 4. The second kappa shape index (κ2) is 4.18. The molecule has 7 heteroatoms. The second-order valence-electron chi connectivity index (χ2n) is 2.91. The maximum absolute atomic E-state index is 12.9. The van der Waals surface area contributed by atoms with Crippen LogP contribution in [0.25, 0.3) is 11.1 Å². The monoisotopic (exact) mass is 267 g/mol. The smallest absolute Gasteiger partial charge is 0.346 e. The quantitative estimate of drug-likeness (QED) is 0.620. The molecule has 1 aromatic heterocycles. The third kappa shape index (κ3) is 2.27. The maximum atomic E-state index is 12.9. The molecule has 0 amide bonds. The van der Waals surface area contributed by atoms with E-state index in [2.05, 4.69) is 4.98 Å². The summed E-state index contributed by atoms with van der Waals surface area (Å²) in [4.78, 5) is 3.77. The summed E-state index contributed by atoms with van der Waals surface area (Å²) in [5.74, 6) is 0. The number of hydrogen-bond acceptors (Lipinski definition) is 3. The molecule has 2 aromatic rings. The molecule has 0 radical (unpaired) electrons. The minimum Gasteiger partial charge on any atom is -0.431 e. The van der Waals surface area contributed by atoms with Crippen LogP contribution in [0.4, 0.5) is 13.2 Å². The van der Waals surface area contributed by atoms with Gasteiger partial charge in [-0.3, -0.25) is 0 Å². The van der Waals surface area contributed by atoms with Crippen LogP contribution in [-0.4, -0.2) is 15.9 Å². The number of aromatic nitrogens is 1. The average Bonchev–Trinajstić information content (AvgIpc) is 2.58. The molecule has 0 aliphatic carbocycles. The maximum Gasteiger partial charge on any atom is 0.346 e. The standard InChI is InChI=1S/C9H5ClF3NOS/c10-7(11)9(12,13)16-8-14-5-3-1-2-4-6(5)15-8/h1-4,7H. The third-order valence-electron chi connectivity index (χ3n) is 1.75. The topological polar surface area (TPSA) is 26.0 Å². The minimum absolute atomic E-state index is 0.138. The molecule has 16 heavy (non-hydrogen) atoms. The van der Waals surface area contributed by atoms with E-state index in [0.717, 1.165) is 0 Å². The van der Waals surface area contributed by atoms with Crippen LogP contribution in [0.1, 0.15) is 0 Å². The van der Waals surface area contributed by atoms with Crippen LogP contribution in [0.15, 0.2) is 33.9 Å². The number of hydrogen-bond donors (Lipinski definition) is 0. The van der Waals surface area contributed by atoms with Crippen molar-refractivity contribution in [2.24, 2.45) is 0 Å². The number of halogens is 4. The van der Waals surface area contributed by atoms with Crippen LogP contribution >= 0.6 is 23.4 Å². The van der Waals surface area contributed by atoms with Crippen LogP contribution in [0.5, 0.6) is 0 Å². The van der Waals surface area contributed by atoms with Gasteiger partial charge in [0.25, 0.3) is 5.22 Å². The molecule has 0 spiro atoms. The first-order valence-electron chi connectivity index (χ1n) is 4.19. The van der Waals surface area contributed by atoms with Crippen molar-refractivity contribution in [2.45, 2.75) is 16.1 Å². The molecule has 0 N–H and O–H groups in total. The largest absolute Gasteiger partial charge is 0.431 e. The summed E-state index contributed by atoms with van der Waals surface area (Å²) in [6.07, 6.45) is 0. The molecule has 2 rings (SSSR count). The Hall–Kier alpha value is -0.880. The van der Waals surface area contributed by atoms with Gasteiger partial charge in [0.15, 0.2) is 5.58 Å². The number of para-hydroxylation sites is 2. The van der Waals surface area contributed by atoms with E-state index in [0.29, 0.717) is 11.1 Å². The number of rotatable bonds is 3. The van der Waals surface area contributed by atoms with Gasteiger partial charge in [-0.1, -0.05) is 23.7 Å². The van der Waals surface area contributed by atoms with Crippen LogP contribution in [0.2, 0.25) is 0 Å². The number of fused-ring (bicyclic) bond motifs is 1. The van der Waals surface area contributed by atoms with Gasteiger partial charge in [0.1, 0.15) is 5.52 Å². The number of nitrogens with zero attached hydrogens (tertiary/aromatic N) is 1. The molecule has 1 aromatic carbocycles. The molecule has 0 aliphatic rings. The Kier molecular flexibility index (Phi) is 3.03. The number of thioether (sulfide) groups is 1. The predicted molar refractivity (Wildman–Crippen MR) is 55.6 cm³/mol. The molecule has 0 saturated carbocycles. The van der Waals surface area contributed by atoms with Crippen molar-refractivity contribution in [1.29, 1.82) is 0 Å². The molecule has 1 atom stereocenters. The molecule has 0 saturated heterocycles. The van der Waals surface area contributed by atoms with Gasteiger partial charge in [-0.15, -0.1) is 0 Å². The SMILES string of the molecule is FC(Cl)C(F)(F)Sc1nc2ccccc2o1. The fourth-order valence-corrected chi connectivity index (χ4v) is 1.79.